The summed E-state index contributed by atoms with van der Waals surface area (Å²) in [5, 5.41) is 2.26. The maximum absolute atomic E-state index is 13.5. The van der Waals surface area contributed by atoms with Crippen molar-refractivity contribution in [3.63, 3.8) is 0 Å². The zero-order valence-electron chi connectivity index (χ0n) is 23.9. The summed E-state index contributed by atoms with van der Waals surface area (Å²) in [4.78, 5) is 19.9. The Hall–Kier alpha value is -4.06. The van der Waals surface area contributed by atoms with Crippen molar-refractivity contribution in [3.05, 3.63) is 71.9 Å². The Morgan fingerprint density at radius 1 is 1.02 bits per heavy atom. The highest BCUT2D eigenvalue weighted by Gasteiger charge is 2.46. The fourth-order valence-corrected chi connectivity index (χ4v) is 7.39. The van der Waals surface area contributed by atoms with Crippen molar-refractivity contribution in [1.29, 1.82) is 0 Å². The van der Waals surface area contributed by atoms with E-state index in [0.29, 0.717) is 29.7 Å². The fraction of sp³-hybridized carbons (Fsp3) is 0.371. The number of furan rings is 1. The molecule has 41 heavy (non-hydrogen) atoms. The van der Waals surface area contributed by atoms with Gasteiger partial charge in [-0.25, -0.2) is 4.98 Å². The summed E-state index contributed by atoms with van der Waals surface area (Å²) >= 11 is 0. The lowest BCUT2D eigenvalue weighted by atomic mass is 10.0. The van der Waals surface area contributed by atoms with Gasteiger partial charge in [0.2, 0.25) is 5.88 Å². The molecule has 0 spiro atoms. The van der Waals surface area contributed by atoms with Gasteiger partial charge in [0.25, 0.3) is 5.91 Å². The number of carbonyl (C=O) groups is 1. The average Bonchev–Trinajstić information content (AvgIpc) is 3.41. The molecule has 1 saturated heterocycles. The number of hydrogen-bond acceptors (Lipinski definition) is 4. The molecule has 2 aliphatic carbocycles. The molecular formula is C35H35N3O3. The minimum atomic E-state index is 0.143. The van der Waals surface area contributed by atoms with Gasteiger partial charge in [-0.05, 0) is 91.8 Å². The molecule has 5 aromatic rings. The summed E-state index contributed by atoms with van der Waals surface area (Å²) in [6.45, 7) is 6.30. The first kappa shape index (κ1) is 24.7. The number of aryl methyl sites for hydroxylation is 1. The van der Waals surface area contributed by atoms with E-state index in [2.05, 4.69) is 58.6 Å². The van der Waals surface area contributed by atoms with Gasteiger partial charge in [-0.3, -0.25) is 4.79 Å². The summed E-state index contributed by atoms with van der Waals surface area (Å²) in [6.07, 6.45) is 6.71. The second-order valence-electron chi connectivity index (χ2n) is 12.4. The molecule has 3 aliphatic rings. The molecule has 0 radical (unpaired) electrons. The van der Waals surface area contributed by atoms with Crippen LogP contribution >= 0.6 is 0 Å². The third kappa shape index (κ3) is 3.98. The Morgan fingerprint density at radius 2 is 1.88 bits per heavy atom. The molecule has 2 bridgehead atoms. The van der Waals surface area contributed by atoms with Crippen LogP contribution in [0.2, 0.25) is 0 Å². The van der Waals surface area contributed by atoms with Crippen molar-refractivity contribution in [3.8, 4) is 28.5 Å². The van der Waals surface area contributed by atoms with Crippen LogP contribution < -0.4 is 4.74 Å². The van der Waals surface area contributed by atoms with E-state index in [0.717, 1.165) is 64.2 Å². The van der Waals surface area contributed by atoms with Crippen LogP contribution in [0.3, 0.4) is 0 Å². The Bertz CT molecular complexity index is 1830. The molecule has 8 rings (SSSR count). The van der Waals surface area contributed by atoms with Crippen LogP contribution in [0.15, 0.2) is 65.2 Å². The van der Waals surface area contributed by atoms with E-state index in [4.69, 9.17) is 9.15 Å². The first-order valence-corrected chi connectivity index (χ1v) is 15.0. The van der Waals surface area contributed by atoms with E-state index in [1.54, 1.807) is 13.3 Å². The quantitative estimate of drug-likeness (QED) is 0.219. The van der Waals surface area contributed by atoms with Gasteiger partial charge < -0.3 is 18.6 Å². The van der Waals surface area contributed by atoms with Crippen LogP contribution in [-0.4, -0.2) is 40.1 Å². The number of ether oxygens (including phenoxy) is 1. The van der Waals surface area contributed by atoms with E-state index in [-0.39, 0.29) is 5.91 Å². The van der Waals surface area contributed by atoms with Gasteiger partial charge in [-0.2, -0.15) is 0 Å². The number of hydrogen-bond donors (Lipinski definition) is 0. The van der Waals surface area contributed by atoms with Crippen molar-refractivity contribution in [1.82, 2.24) is 14.5 Å². The Balaban J connectivity index is 1.20. The Labute approximate surface area is 239 Å². The number of methoxy groups -OCH3 is 1. The zero-order chi connectivity index (χ0) is 27.8. The summed E-state index contributed by atoms with van der Waals surface area (Å²) < 4.78 is 14.4. The number of fused-ring (bicyclic) bond motifs is 4. The first-order valence-electron chi connectivity index (χ1n) is 15.0. The number of benzene rings is 2. The third-order valence-corrected chi connectivity index (χ3v) is 10.0. The highest BCUT2D eigenvalue weighted by Crippen LogP contribution is 2.44. The number of pyridine rings is 1. The molecule has 3 fully saturated rings. The van der Waals surface area contributed by atoms with E-state index >= 15 is 0 Å². The van der Waals surface area contributed by atoms with Gasteiger partial charge >= 0.3 is 0 Å². The van der Waals surface area contributed by atoms with E-state index in [1.807, 2.05) is 24.3 Å². The highest BCUT2D eigenvalue weighted by molar-refractivity contribution is 6.00. The molecule has 6 heteroatoms. The van der Waals surface area contributed by atoms with Gasteiger partial charge in [-0.15, -0.1) is 0 Å². The Morgan fingerprint density at radius 3 is 2.63 bits per heavy atom. The maximum atomic E-state index is 13.5. The van der Waals surface area contributed by atoms with Crippen LogP contribution in [0.4, 0.5) is 0 Å². The number of carbonyl (C=O) groups excluding carboxylic acids is 1. The monoisotopic (exact) mass is 545 g/mol. The van der Waals surface area contributed by atoms with Crippen molar-refractivity contribution in [2.24, 2.45) is 17.8 Å². The third-order valence-electron chi connectivity index (χ3n) is 10.0. The lowest BCUT2D eigenvalue weighted by Crippen LogP contribution is -2.38. The van der Waals surface area contributed by atoms with Crippen molar-refractivity contribution < 1.29 is 13.9 Å². The molecule has 4 heterocycles. The number of nitrogens with zero attached hydrogens (tertiary/aromatic N) is 3. The number of rotatable bonds is 6. The second kappa shape index (κ2) is 9.23. The van der Waals surface area contributed by atoms with Crippen molar-refractivity contribution in [2.75, 3.05) is 13.7 Å². The average molecular weight is 546 g/mol. The first-order chi connectivity index (χ1) is 20.0. The van der Waals surface area contributed by atoms with Gasteiger partial charge in [0.05, 0.1) is 12.8 Å². The maximum Gasteiger partial charge on any atom is 0.254 e. The number of likely N-dealkylation sites (tertiary alicyclic amines) is 1. The molecule has 0 N–H and O–H groups in total. The lowest BCUT2D eigenvalue weighted by Gasteiger charge is -2.27. The normalized spacial score (nSPS) is 21.8. The SMILES string of the molecule is COc1cc(-c2ccc3cc(-c4oc5cc(C(=O)N6CC7CCC6[C@@H]7C)ccc5c4C)n(CC4CC4)c3c2)ccn1. The predicted octanol–water partition coefficient (Wildman–Crippen LogP) is 7.71. The second-order valence-corrected chi connectivity index (χ2v) is 12.4. The van der Waals surface area contributed by atoms with Crippen LogP contribution in [-0.2, 0) is 6.54 Å². The van der Waals surface area contributed by atoms with Gasteiger partial charge in [0, 0.05) is 58.8 Å². The molecule has 3 atom stereocenters. The van der Waals surface area contributed by atoms with Crippen LogP contribution in [0, 0.1) is 24.7 Å². The Kier molecular flexibility index (Phi) is 5.56. The summed E-state index contributed by atoms with van der Waals surface area (Å²) in [5.41, 5.74) is 7.15. The topological polar surface area (TPSA) is 60.5 Å². The van der Waals surface area contributed by atoms with Gasteiger partial charge in [0.1, 0.15) is 5.58 Å². The van der Waals surface area contributed by atoms with Gasteiger partial charge in [0.15, 0.2) is 5.76 Å². The molecule has 3 aromatic heterocycles. The lowest BCUT2D eigenvalue weighted by molar-refractivity contribution is 0.0696. The molecule has 2 unspecified atom stereocenters. The standard InChI is InChI=1S/C35H35N3O3/c1-20-27-9-11-29(20)38(19-27)35(39)26-8-10-28-21(2)34(41-32(28)16-26)31-15-25-7-6-23(24-12-13-36-33(17-24)40-3)14-30(25)37(31)18-22-4-5-22/h6-8,10,12-17,20,22,27,29H,4-5,9,11,18-19H2,1-3H3/t20-,27?,29?/m1/s1. The van der Waals surface area contributed by atoms with E-state index < -0.39 is 0 Å². The summed E-state index contributed by atoms with van der Waals surface area (Å²) in [6, 6.07) is 19.3. The predicted molar refractivity (Wildman–Crippen MR) is 161 cm³/mol. The molecule has 1 amide bonds. The van der Waals surface area contributed by atoms with Gasteiger partial charge in [-0.1, -0.05) is 25.1 Å². The van der Waals surface area contributed by atoms with E-state index in [1.165, 1.54) is 30.2 Å². The highest BCUT2D eigenvalue weighted by atomic mass is 16.5. The number of aromatic nitrogens is 2. The minimum absolute atomic E-state index is 0.143. The summed E-state index contributed by atoms with van der Waals surface area (Å²) in [5.74, 6) is 3.60. The van der Waals surface area contributed by atoms with Crippen molar-refractivity contribution >= 4 is 27.8 Å². The van der Waals surface area contributed by atoms with E-state index in [9.17, 15) is 4.79 Å². The minimum Gasteiger partial charge on any atom is -0.481 e. The molecule has 2 saturated carbocycles. The molecule has 1 aliphatic heterocycles. The number of amides is 1. The largest absolute Gasteiger partial charge is 0.481 e. The van der Waals surface area contributed by atoms with Crippen LogP contribution in [0.1, 0.15) is 48.5 Å². The molecule has 208 valence electrons. The number of piperidine rings is 1. The summed E-state index contributed by atoms with van der Waals surface area (Å²) in [7, 11) is 1.65. The van der Waals surface area contributed by atoms with Crippen molar-refractivity contribution in [2.45, 2.75) is 52.1 Å². The molecule has 2 aromatic carbocycles. The zero-order valence-corrected chi connectivity index (χ0v) is 23.9. The molecule has 6 nitrogen and oxygen atoms in total. The molecular weight excluding hydrogens is 510 g/mol. The van der Waals surface area contributed by atoms with Crippen LogP contribution in [0.5, 0.6) is 5.88 Å². The van der Waals surface area contributed by atoms with Crippen LogP contribution in [0.25, 0.3) is 44.5 Å². The smallest absolute Gasteiger partial charge is 0.254 e. The fourth-order valence-electron chi connectivity index (χ4n) is 7.39.